The number of thiophene rings is 1. The van der Waals surface area contributed by atoms with E-state index in [2.05, 4.69) is 17.5 Å². The number of nitrogens with one attached hydrogen (secondary N) is 1. The highest BCUT2D eigenvalue weighted by Crippen LogP contribution is 2.29. The van der Waals surface area contributed by atoms with Crippen molar-refractivity contribution in [2.24, 2.45) is 5.10 Å². The maximum atomic E-state index is 14.1. The average molecular weight is 469 g/mol. The van der Waals surface area contributed by atoms with Crippen molar-refractivity contribution in [3.8, 4) is 5.75 Å². The molecule has 2 aromatic carbocycles. The first-order valence-corrected chi connectivity index (χ1v) is 12.1. The van der Waals surface area contributed by atoms with Crippen molar-refractivity contribution in [3.63, 3.8) is 0 Å². The van der Waals surface area contributed by atoms with Crippen LogP contribution in [0.3, 0.4) is 0 Å². The van der Waals surface area contributed by atoms with Gasteiger partial charge in [0.1, 0.15) is 11.6 Å². The second kappa shape index (κ2) is 11.7. The van der Waals surface area contributed by atoms with Gasteiger partial charge in [-0.25, -0.2) is 9.82 Å². The smallest absolute Gasteiger partial charge is 0.240 e. The van der Waals surface area contributed by atoms with Crippen LogP contribution in [-0.4, -0.2) is 24.5 Å². The van der Waals surface area contributed by atoms with Crippen LogP contribution < -0.4 is 10.2 Å². The van der Waals surface area contributed by atoms with E-state index in [0.29, 0.717) is 28.1 Å². The van der Waals surface area contributed by atoms with E-state index in [0.717, 1.165) is 35.8 Å². The summed E-state index contributed by atoms with van der Waals surface area (Å²) >= 11 is 1.33. The van der Waals surface area contributed by atoms with Crippen LogP contribution in [0.15, 0.2) is 46.9 Å². The number of hydrogen-bond donors (Lipinski definition) is 1. The summed E-state index contributed by atoms with van der Waals surface area (Å²) in [7, 11) is 1.58. The Kier molecular flexibility index (Phi) is 8.72. The molecule has 0 spiro atoms. The Labute approximate surface area is 197 Å². The number of nitrogens with zero attached hydrogens (tertiary/aromatic N) is 1. The zero-order valence-electron chi connectivity index (χ0n) is 19.2. The summed E-state index contributed by atoms with van der Waals surface area (Å²) in [6, 6.07) is 10.4. The summed E-state index contributed by atoms with van der Waals surface area (Å²) < 4.78 is 20.0. The van der Waals surface area contributed by atoms with E-state index in [4.69, 9.17) is 4.74 Å². The zero-order valence-corrected chi connectivity index (χ0v) is 20.1. The van der Waals surface area contributed by atoms with Crippen molar-refractivity contribution < 1.29 is 18.7 Å². The number of methoxy groups -OCH3 is 1. The first-order chi connectivity index (χ1) is 16.0. The molecule has 0 aliphatic rings. The van der Waals surface area contributed by atoms with Gasteiger partial charge in [0, 0.05) is 34.7 Å². The number of rotatable bonds is 11. The van der Waals surface area contributed by atoms with Crippen molar-refractivity contribution in [1.82, 2.24) is 5.43 Å². The van der Waals surface area contributed by atoms with Crippen LogP contribution in [0.2, 0.25) is 0 Å². The number of carbonyl (C=O) groups is 2. The van der Waals surface area contributed by atoms with Gasteiger partial charge in [-0.15, -0.1) is 11.3 Å². The number of ketones is 1. The van der Waals surface area contributed by atoms with Crippen LogP contribution in [0.4, 0.5) is 4.39 Å². The van der Waals surface area contributed by atoms with Crippen molar-refractivity contribution in [3.05, 3.63) is 64.3 Å². The molecular weight excluding hydrogens is 439 g/mol. The molecule has 1 amide bonds. The highest BCUT2D eigenvalue weighted by molar-refractivity contribution is 7.17. The van der Waals surface area contributed by atoms with Gasteiger partial charge in [-0.3, -0.25) is 9.59 Å². The number of benzene rings is 2. The third-order valence-electron chi connectivity index (χ3n) is 5.51. The van der Waals surface area contributed by atoms with E-state index in [1.165, 1.54) is 17.4 Å². The third-order valence-corrected chi connectivity index (χ3v) is 6.52. The molecule has 3 rings (SSSR count). The molecule has 33 heavy (non-hydrogen) atoms. The van der Waals surface area contributed by atoms with E-state index >= 15 is 0 Å². The van der Waals surface area contributed by atoms with Crippen molar-refractivity contribution in [2.75, 3.05) is 7.11 Å². The lowest BCUT2D eigenvalue weighted by atomic mass is 10.0. The Morgan fingerprint density at radius 3 is 2.67 bits per heavy atom. The second-order valence-electron chi connectivity index (χ2n) is 7.77. The van der Waals surface area contributed by atoms with Crippen molar-refractivity contribution >= 4 is 38.8 Å². The van der Waals surface area contributed by atoms with Crippen LogP contribution in [-0.2, 0) is 11.2 Å². The maximum absolute atomic E-state index is 14.1. The van der Waals surface area contributed by atoms with Gasteiger partial charge in [-0.05, 0) is 37.0 Å². The van der Waals surface area contributed by atoms with Gasteiger partial charge in [0.15, 0.2) is 5.78 Å². The molecule has 0 atom stereocenters. The minimum atomic E-state index is -0.333. The molecule has 1 aromatic heterocycles. The summed E-state index contributed by atoms with van der Waals surface area (Å²) in [4.78, 5) is 25.0. The molecule has 1 heterocycles. The van der Waals surface area contributed by atoms with Crippen LogP contribution >= 0.6 is 11.3 Å². The minimum absolute atomic E-state index is 0.0280. The van der Waals surface area contributed by atoms with E-state index in [1.807, 2.05) is 24.4 Å². The Morgan fingerprint density at radius 2 is 1.94 bits per heavy atom. The molecule has 1 N–H and O–H groups in total. The fraction of sp³-hybridized carbons (Fsp3) is 0.346. The highest BCUT2D eigenvalue weighted by Gasteiger charge is 2.15. The number of amides is 1. The van der Waals surface area contributed by atoms with E-state index in [9.17, 15) is 14.0 Å². The predicted octanol–water partition coefficient (Wildman–Crippen LogP) is 6.29. The maximum Gasteiger partial charge on any atom is 0.240 e. The number of fused-ring (bicyclic) bond motifs is 1. The molecule has 0 saturated carbocycles. The monoisotopic (exact) mass is 468 g/mol. The zero-order chi connectivity index (χ0) is 23.8. The normalized spacial score (nSPS) is 11.6. The lowest BCUT2D eigenvalue weighted by Crippen LogP contribution is -2.21. The lowest BCUT2D eigenvalue weighted by molar-refractivity contribution is -0.121. The molecule has 3 aromatic rings. The fourth-order valence-electron chi connectivity index (χ4n) is 3.61. The molecular formula is C26H29FN2O3S. The topological polar surface area (TPSA) is 67.8 Å². The standard InChI is InChI=1S/C26H29FN2O3S/c1-4-6-10-22(20-16-33-26-19(20)8-7-9-21(26)27)28-29-25(31)14-13-23(30)18-12-11-17(5-2)24(15-18)32-3/h7-9,11-12,15-16H,4-6,10,13-14H2,1-3H3,(H,29,31)/b28-22+. The minimum Gasteiger partial charge on any atom is -0.496 e. The number of aryl methyl sites for hydroxylation is 1. The van der Waals surface area contributed by atoms with Gasteiger partial charge in [-0.1, -0.05) is 44.5 Å². The van der Waals surface area contributed by atoms with Crippen molar-refractivity contribution in [1.29, 1.82) is 0 Å². The molecule has 5 nitrogen and oxygen atoms in total. The summed E-state index contributed by atoms with van der Waals surface area (Å²) in [6.45, 7) is 4.10. The van der Waals surface area contributed by atoms with Gasteiger partial charge in [0.05, 0.1) is 17.5 Å². The average Bonchev–Trinajstić information content (AvgIpc) is 3.27. The SMILES string of the molecule is CCCC/C(=N\NC(=O)CCC(=O)c1ccc(CC)c(OC)c1)c1csc2c(F)cccc12. The Hall–Kier alpha value is -3.06. The first kappa shape index (κ1) is 24.6. The van der Waals surface area contributed by atoms with Crippen LogP contribution in [0.1, 0.15) is 67.4 Å². The second-order valence-corrected chi connectivity index (χ2v) is 8.65. The molecule has 0 radical (unpaired) electrons. The number of hydrogen-bond acceptors (Lipinski definition) is 5. The largest absolute Gasteiger partial charge is 0.496 e. The first-order valence-electron chi connectivity index (χ1n) is 11.2. The molecule has 0 saturated heterocycles. The number of Topliss-reactive ketones (excluding diaryl/α,β-unsaturated/α-hetero) is 1. The summed E-state index contributed by atoms with van der Waals surface area (Å²) in [6.07, 6.45) is 3.45. The number of unbranched alkanes of at least 4 members (excludes halogenated alkanes) is 1. The van der Waals surface area contributed by atoms with Crippen LogP contribution in [0.5, 0.6) is 5.75 Å². The molecule has 0 unspecified atom stereocenters. The van der Waals surface area contributed by atoms with Crippen molar-refractivity contribution in [2.45, 2.75) is 52.4 Å². The van der Waals surface area contributed by atoms with Crippen LogP contribution in [0, 0.1) is 5.82 Å². The number of carbonyl (C=O) groups excluding carboxylic acids is 2. The Balaban J connectivity index is 1.67. The quantitative estimate of drug-likeness (QED) is 0.204. The number of hydrazone groups is 1. The molecule has 174 valence electrons. The number of ether oxygens (including phenoxy) is 1. The molecule has 0 aliphatic carbocycles. The molecule has 0 fully saturated rings. The summed E-state index contributed by atoms with van der Waals surface area (Å²) in [5, 5.41) is 7.03. The van der Waals surface area contributed by atoms with Gasteiger partial charge in [0.2, 0.25) is 5.91 Å². The van der Waals surface area contributed by atoms with E-state index in [1.54, 1.807) is 25.3 Å². The molecule has 7 heteroatoms. The van der Waals surface area contributed by atoms with E-state index in [-0.39, 0.29) is 30.3 Å². The fourth-order valence-corrected chi connectivity index (χ4v) is 4.59. The lowest BCUT2D eigenvalue weighted by Gasteiger charge is -2.09. The van der Waals surface area contributed by atoms with E-state index < -0.39 is 0 Å². The predicted molar refractivity (Wildman–Crippen MR) is 132 cm³/mol. The summed E-state index contributed by atoms with van der Waals surface area (Å²) in [5.74, 6) is -0.0390. The van der Waals surface area contributed by atoms with Gasteiger partial charge in [-0.2, -0.15) is 5.10 Å². The van der Waals surface area contributed by atoms with Gasteiger partial charge in [0.25, 0.3) is 0 Å². The molecule has 0 aliphatic heterocycles. The molecule has 0 bridgehead atoms. The highest BCUT2D eigenvalue weighted by atomic mass is 32.1. The third kappa shape index (κ3) is 6.05. The number of halogens is 1. The van der Waals surface area contributed by atoms with Gasteiger partial charge < -0.3 is 4.74 Å². The summed E-state index contributed by atoms with van der Waals surface area (Å²) in [5.41, 5.74) is 5.69. The van der Waals surface area contributed by atoms with Gasteiger partial charge >= 0.3 is 0 Å². The Bertz CT molecular complexity index is 1170. The van der Waals surface area contributed by atoms with Crippen LogP contribution in [0.25, 0.3) is 10.1 Å². The Morgan fingerprint density at radius 1 is 1.12 bits per heavy atom.